The van der Waals surface area contributed by atoms with Crippen molar-refractivity contribution in [1.29, 1.82) is 0 Å². The Morgan fingerprint density at radius 3 is 2.07 bits per heavy atom. The lowest BCUT2D eigenvalue weighted by atomic mass is 9.96. The molecule has 0 unspecified atom stereocenters. The second-order valence-corrected chi connectivity index (χ2v) is 6.59. The third-order valence-electron chi connectivity index (χ3n) is 4.73. The second kappa shape index (κ2) is 9.51. The molecule has 0 heterocycles. The van der Waals surface area contributed by atoms with Gasteiger partial charge in [-0.3, -0.25) is 9.59 Å². The molecule has 0 spiro atoms. The average Bonchev–Trinajstić information content (AvgIpc) is 2.76. The Hall–Kier alpha value is -3.40. The number of carbonyl (C=O) groups excluding carboxylic acids is 2. The molecule has 3 rings (SSSR count). The lowest BCUT2D eigenvalue weighted by molar-refractivity contribution is 0.0952. The van der Waals surface area contributed by atoms with Crippen LogP contribution < -0.4 is 10.6 Å². The summed E-state index contributed by atoms with van der Waals surface area (Å²) in [5.41, 5.74) is 2.71. The van der Waals surface area contributed by atoms with E-state index in [1.807, 2.05) is 36.4 Å². The van der Waals surface area contributed by atoms with Gasteiger partial charge in [0.2, 0.25) is 0 Å². The molecule has 1 atom stereocenters. The Kier molecular flexibility index (Phi) is 6.58. The van der Waals surface area contributed by atoms with Gasteiger partial charge in [-0.15, -0.1) is 0 Å². The number of benzene rings is 3. The minimum absolute atomic E-state index is 0.196. The molecule has 142 valence electrons. The van der Waals surface area contributed by atoms with Gasteiger partial charge in [0, 0.05) is 18.0 Å². The monoisotopic (exact) mass is 372 g/mol. The molecule has 0 saturated carbocycles. The SMILES string of the molecule is CC[C@H](CNC(=O)c1ccccc1NC(=O)c1ccccc1)c1ccccc1. The lowest BCUT2D eigenvalue weighted by Gasteiger charge is -2.17. The summed E-state index contributed by atoms with van der Waals surface area (Å²) in [5.74, 6) is -0.189. The maximum atomic E-state index is 12.8. The van der Waals surface area contributed by atoms with Crippen molar-refractivity contribution in [1.82, 2.24) is 5.32 Å². The molecule has 0 aliphatic heterocycles. The van der Waals surface area contributed by atoms with Gasteiger partial charge >= 0.3 is 0 Å². The first kappa shape index (κ1) is 19.4. The van der Waals surface area contributed by atoms with Crippen LogP contribution in [-0.4, -0.2) is 18.4 Å². The van der Waals surface area contributed by atoms with E-state index in [4.69, 9.17) is 0 Å². The number of amides is 2. The molecular weight excluding hydrogens is 348 g/mol. The zero-order valence-electron chi connectivity index (χ0n) is 15.9. The van der Waals surface area contributed by atoms with Gasteiger partial charge in [0.05, 0.1) is 11.3 Å². The summed E-state index contributed by atoms with van der Waals surface area (Å²) in [6, 6.07) is 26.2. The number of para-hydroxylation sites is 1. The molecule has 3 aromatic carbocycles. The quantitative estimate of drug-likeness (QED) is 0.622. The normalized spacial score (nSPS) is 11.5. The summed E-state index contributed by atoms with van der Waals surface area (Å²) in [5, 5.41) is 5.85. The van der Waals surface area contributed by atoms with Crippen molar-refractivity contribution in [3.8, 4) is 0 Å². The highest BCUT2D eigenvalue weighted by molar-refractivity contribution is 6.08. The minimum Gasteiger partial charge on any atom is -0.351 e. The second-order valence-electron chi connectivity index (χ2n) is 6.59. The summed E-state index contributed by atoms with van der Waals surface area (Å²) in [6.45, 7) is 2.65. The first-order valence-corrected chi connectivity index (χ1v) is 9.47. The molecule has 0 aliphatic rings. The fraction of sp³-hybridized carbons (Fsp3) is 0.167. The molecule has 3 aromatic rings. The highest BCUT2D eigenvalue weighted by Gasteiger charge is 2.16. The smallest absolute Gasteiger partial charge is 0.255 e. The van der Waals surface area contributed by atoms with E-state index < -0.39 is 0 Å². The summed E-state index contributed by atoms with van der Waals surface area (Å²) in [7, 11) is 0. The van der Waals surface area contributed by atoms with Crippen molar-refractivity contribution in [3.63, 3.8) is 0 Å². The number of anilines is 1. The van der Waals surface area contributed by atoms with Gasteiger partial charge < -0.3 is 10.6 Å². The van der Waals surface area contributed by atoms with Crippen molar-refractivity contribution in [2.24, 2.45) is 0 Å². The van der Waals surface area contributed by atoms with Crippen molar-refractivity contribution in [2.75, 3.05) is 11.9 Å². The van der Waals surface area contributed by atoms with Gasteiger partial charge in [0.25, 0.3) is 11.8 Å². The number of rotatable bonds is 7. The summed E-state index contributed by atoms with van der Waals surface area (Å²) in [6.07, 6.45) is 0.927. The predicted molar refractivity (Wildman–Crippen MR) is 113 cm³/mol. The van der Waals surface area contributed by atoms with Crippen molar-refractivity contribution in [3.05, 3.63) is 102 Å². The molecule has 2 N–H and O–H groups in total. The molecule has 0 bridgehead atoms. The predicted octanol–water partition coefficient (Wildman–Crippen LogP) is 4.86. The zero-order chi connectivity index (χ0) is 19.8. The van der Waals surface area contributed by atoms with Crippen LogP contribution in [0.15, 0.2) is 84.9 Å². The van der Waals surface area contributed by atoms with Crippen LogP contribution in [0.25, 0.3) is 0 Å². The van der Waals surface area contributed by atoms with E-state index in [2.05, 4.69) is 29.7 Å². The van der Waals surface area contributed by atoms with Gasteiger partial charge in [-0.1, -0.05) is 67.6 Å². The fourth-order valence-electron chi connectivity index (χ4n) is 3.11. The Balaban J connectivity index is 1.69. The van der Waals surface area contributed by atoms with E-state index in [0.29, 0.717) is 23.4 Å². The molecular formula is C24H24N2O2. The fourth-order valence-corrected chi connectivity index (χ4v) is 3.11. The molecule has 2 amide bonds. The minimum atomic E-state index is -0.239. The van der Waals surface area contributed by atoms with Crippen LogP contribution in [-0.2, 0) is 0 Å². The van der Waals surface area contributed by atoms with Crippen LogP contribution in [0, 0.1) is 0 Å². The standard InChI is InChI=1S/C24H24N2O2/c1-2-18(19-11-5-3-6-12-19)17-25-24(28)21-15-9-10-16-22(21)26-23(27)20-13-7-4-8-14-20/h3-16,18H,2,17H2,1H3,(H,25,28)(H,26,27)/t18-/m1/s1. The van der Waals surface area contributed by atoms with Gasteiger partial charge in [-0.05, 0) is 36.2 Å². The largest absolute Gasteiger partial charge is 0.351 e. The van der Waals surface area contributed by atoms with E-state index >= 15 is 0 Å². The van der Waals surface area contributed by atoms with Crippen molar-refractivity contribution < 1.29 is 9.59 Å². The molecule has 4 heteroatoms. The molecule has 4 nitrogen and oxygen atoms in total. The van der Waals surface area contributed by atoms with E-state index in [-0.39, 0.29) is 17.7 Å². The van der Waals surface area contributed by atoms with Crippen LogP contribution in [0.2, 0.25) is 0 Å². The summed E-state index contributed by atoms with van der Waals surface area (Å²) >= 11 is 0. The summed E-state index contributed by atoms with van der Waals surface area (Å²) in [4.78, 5) is 25.2. The first-order chi connectivity index (χ1) is 13.7. The highest BCUT2D eigenvalue weighted by atomic mass is 16.2. The molecule has 0 radical (unpaired) electrons. The van der Waals surface area contributed by atoms with E-state index in [1.165, 1.54) is 5.56 Å². The van der Waals surface area contributed by atoms with Crippen LogP contribution in [0.4, 0.5) is 5.69 Å². The highest BCUT2D eigenvalue weighted by Crippen LogP contribution is 2.20. The van der Waals surface area contributed by atoms with Crippen molar-refractivity contribution >= 4 is 17.5 Å². The van der Waals surface area contributed by atoms with Gasteiger partial charge in [-0.25, -0.2) is 0 Å². The van der Waals surface area contributed by atoms with Crippen molar-refractivity contribution in [2.45, 2.75) is 19.3 Å². The number of carbonyl (C=O) groups is 2. The Labute approximate surface area is 165 Å². The number of hydrogen-bond acceptors (Lipinski definition) is 2. The molecule has 0 fully saturated rings. The maximum Gasteiger partial charge on any atom is 0.255 e. The maximum absolute atomic E-state index is 12.8. The zero-order valence-corrected chi connectivity index (χ0v) is 15.9. The van der Waals surface area contributed by atoms with Gasteiger partial charge in [0.1, 0.15) is 0 Å². The van der Waals surface area contributed by atoms with Crippen LogP contribution in [0.1, 0.15) is 45.5 Å². The molecule has 0 aromatic heterocycles. The number of nitrogens with one attached hydrogen (secondary N) is 2. The number of hydrogen-bond donors (Lipinski definition) is 2. The Morgan fingerprint density at radius 2 is 1.39 bits per heavy atom. The van der Waals surface area contributed by atoms with E-state index in [9.17, 15) is 9.59 Å². The Morgan fingerprint density at radius 1 is 0.786 bits per heavy atom. The van der Waals surface area contributed by atoms with Gasteiger partial charge in [-0.2, -0.15) is 0 Å². The Bertz CT molecular complexity index is 924. The van der Waals surface area contributed by atoms with E-state index in [0.717, 1.165) is 6.42 Å². The topological polar surface area (TPSA) is 58.2 Å². The molecule has 28 heavy (non-hydrogen) atoms. The van der Waals surface area contributed by atoms with Crippen LogP contribution in [0.3, 0.4) is 0 Å². The first-order valence-electron chi connectivity index (χ1n) is 9.47. The third-order valence-corrected chi connectivity index (χ3v) is 4.73. The third kappa shape index (κ3) is 4.86. The van der Waals surface area contributed by atoms with Crippen LogP contribution in [0.5, 0.6) is 0 Å². The molecule has 0 aliphatic carbocycles. The molecule has 0 saturated heterocycles. The summed E-state index contributed by atoms with van der Waals surface area (Å²) < 4.78 is 0. The lowest BCUT2D eigenvalue weighted by Crippen LogP contribution is -2.29. The average molecular weight is 372 g/mol. The van der Waals surface area contributed by atoms with Gasteiger partial charge in [0.15, 0.2) is 0 Å². The van der Waals surface area contributed by atoms with E-state index in [1.54, 1.807) is 36.4 Å². The van der Waals surface area contributed by atoms with Crippen LogP contribution >= 0.6 is 0 Å².